The Morgan fingerprint density at radius 2 is 1.91 bits per heavy atom. The normalized spacial score (nSPS) is 25.5. The van der Waals surface area contributed by atoms with E-state index in [9.17, 15) is 19.8 Å². The Bertz CT molecular complexity index is 1030. The van der Waals surface area contributed by atoms with Gasteiger partial charge in [0.05, 0.1) is 17.2 Å². The zero-order valence-electron chi connectivity index (χ0n) is 18.8. The van der Waals surface area contributed by atoms with Crippen molar-refractivity contribution in [3.63, 3.8) is 0 Å². The van der Waals surface area contributed by atoms with Crippen molar-refractivity contribution < 1.29 is 24.5 Å². The fourth-order valence-electron chi connectivity index (χ4n) is 5.41. The molecule has 0 spiro atoms. The summed E-state index contributed by atoms with van der Waals surface area (Å²) in [6.07, 6.45) is 5.00. The first-order valence-electron chi connectivity index (χ1n) is 12.0. The SMILES string of the molecule is O=C(N[C@@H]1CC[C@H](CC2(O)CCOCC2)N(C(=O)O)C1)c1nn(C2CCC2)c2ccccc12. The third-order valence-electron chi connectivity index (χ3n) is 7.58. The van der Waals surface area contributed by atoms with Crippen LogP contribution >= 0.6 is 0 Å². The molecule has 9 heteroatoms. The van der Waals surface area contributed by atoms with E-state index in [4.69, 9.17) is 4.74 Å². The average molecular weight is 457 g/mol. The molecule has 2 atom stereocenters. The summed E-state index contributed by atoms with van der Waals surface area (Å²) in [7, 11) is 0. The number of carboxylic acid groups (broad SMARTS) is 1. The number of likely N-dealkylation sites (tertiary alicyclic amines) is 1. The molecule has 0 bridgehead atoms. The highest BCUT2D eigenvalue weighted by atomic mass is 16.5. The van der Waals surface area contributed by atoms with Crippen LogP contribution in [0.15, 0.2) is 24.3 Å². The zero-order valence-corrected chi connectivity index (χ0v) is 18.8. The number of amides is 2. The summed E-state index contributed by atoms with van der Waals surface area (Å²) in [5.41, 5.74) is 0.478. The van der Waals surface area contributed by atoms with Crippen molar-refractivity contribution in [3.8, 4) is 0 Å². The number of nitrogens with zero attached hydrogens (tertiary/aromatic N) is 3. The summed E-state index contributed by atoms with van der Waals surface area (Å²) in [6.45, 7) is 1.20. The predicted octanol–water partition coefficient (Wildman–Crippen LogP) is 2.93. The molecule has 5 rings (SSSR count). The molecule has 178 valence electrons. The van der Waals surface area contributed by atoms with E-state index >= 15 is 0 Å². The topological polar surface area (TPSA) is 117 Å². The lowest BCUT2D eigenvalue weighted by Crippen LogP contribution is -2.56. The number of aromatic nitrogens is 2. The van der Waals surface area contributed by atoms with E-state index in [-0.39, 0.29) is 24.5 Å². The van der Waals surface area contributed by atoms with Gasteiger partial charge in [0.2, 0.25) is 0 Å². The second-order valence-electron chi connectivity index (χ2n) is 9.77. The maximum absolute atomic E-state index is 13.2. The minimum absolute atomic E-state index is 0.208. The number of ether oxygens (including phenoxy) is 1. The Balaban J connectivity index is 1.28. The molecule has 2 amide bonds. The molecule has 3 aliphatic rings. The molecule has 0 radical (unpaired) electrons. The molecule has 1 aromatic heterocycles. The Morgan fingerprint density at radius 1 is 1.15 bits per heavy atom. The number of fused-ring (bicyclic) bond motifs is 1. The highest BCUT2D eigenvalue weighted by Gasteiger charge is 2.39. The summed E-state index contributed by atoms with van der Waals surface area (Å²) in [6, 6.07) is 7.56. The number of hydrogen-bond acceptors (Lipinski definition) is 5. The third kappa shape index (κ3) is 4.44. The molecule has 3 N–H and O–H groups in total. The smallest absolute Gasteiger partial charge is 0.407 e. The molecule has 2 saturated heterocycles. The van der Waals surface area contributed by atoms with Gasteiger partial charge in [0.15, 0.2) is 5.69 Å². The van der Waals surface area contributed by atoms with Gasteiger partial charge >= 0.3 is 6.09 Å². The highest BCUT2D eigenvalue weighted by molar-refractivity contribution is 6.05. The summed E-state index contributed by atoms with van der Waals surface area (Å²) < 4.78 is 7.32. The lowest BCUT2D eigenvalue weighted by molar-refractivity contribution is -0.0821. The van der Waals surface area contributed by atoms with Gasteiger partial charge < -0.3 is 25.2 Å². The summed E-state index contributed by atoms with van der Waals surface area (Å²) in [4.78, 5) is 26.6. The molecule has 1 aromatic carbocycles. The maximum atomic E-state index is 13.2. The van der Waals surface area contributed by atoms with E-state index in [2.05, 4.69) is 10.4 Å². The molecule has 0 unspecified atom stereocenters. The molecular formula is C24H32N4O5. The Hall–Kier alpha value is -2.65. The van der Waals surface area contributed by atoms with Crippen molar-refractivity contribution in [1.29, 1.82) is 0 Å². The van der Waals surface area contributed by atoms with Gasteiger partial charge in [-0.2, -0.15) is 5.10 Å². The summed E-state index contributed by atoms with van der Waals surface area (Å²) in [5.74, 6) is -0.263. The van der Waals surface area contributed by atoms with Crippen molar-refractivity contribution >= 4 is 22.9 Å². The fraction of sp³-hybridized carbons (Fsp3) is 0.625. The van der Waals surface area contributed by atoms with E-state index in [1.807, 2.05) is 28.9 Å². The van der Waals surface area contributed by atoms with Gasteiger partial charge in [-0.25, -0.2) is 4.79 Å². The average Bonchev–Trinajstić information content (AvgIpc) is 3.13. The summed E-state index contributed by atoms with van der Waals surface area (Å²) in [5, 5.41) is 29.2. The van der Waals surface area contributed by atoms with Crippen LogP contribution in [0.5, 0.6) is 0 Å². The van der Waals surface area contributed by atoms with Gasteiger partial charge in [-0.3, -0.25) is 9.48 Å². The number of piperidine rings is 1. The quantitative estimate of drug-likeness (QED) is 0.637. The lowest BCUT2D eigenvalue weighted by Gasteiger charge is -2.42. The number of rotatable bonds is 5. The molecular weight excluding hydrogens is 424 g/mol. The summed E-state index contributed by atoms with van der Waals surface area (Å²) >= 11 is 0. The number of para-hydroxylation sites is 1. The van der Waals surface area contributed by atoms with Crippen LogP contribution < -0.4 is 5.32 Å². The molecule has 1 aliphatic carbocycles. The second kappa shape index (κ2) is 8.95. The third-order valence-corrected chi connectivity index (χ3v) is 7.58. The van der Waals surface area contributed by atoms with Crippen LogP contribution in [-0.4, -0.2) is 74.3 Å². The van der Waals surface area contributed by atoms with Gasteiger partial charge in [0, 0.05) is 37.2 Å². The van der Waals surface area contributed by atoms with Crippen LogP contribution in [-0.2, 0) is 4.74 Å². The Kier molecular flexibility index (Phi) is 6.01. The van der Waals surface area contributed by atoms with E-state index in [1.54, 1.807) is 0 Å². The first-order chi connectivity index (χ1) is 15.9. The minimum Gasteiger partial charge on any atom is -0.465 e. The Morgan fingerprint density at radius 3 is 2.61 bits per heavy atom. The maximum Gasteiger partial charge on any atom is 0.407 e. The van der Waals surface area contributed by atoms with Gasteiger partial charge in [-0.15, -0.1) is 0 Å². The monoisotopic (exact) mass is 456 g/mol. The number of nitrogens with one attached hydrogen (secondary N) is 1. The van der Waals surface area contributed by atoms with Gasteiger partial charge in [0.1, 0.15) is 0 Å². The molecule has 3 fully saturated rings. The van der Waals surface area contributed by atoms with Crippen LogP contribution in [0.4, 0.5) is 4.79 Å². The van der Waals surface area contributed by atoms with Crippen LogP contribution in [0.1, 0.15) is 67.9 Å². The largest absolute Gasteiger partial charge is 0.465 e. The number of aliphatic hydroxyl groups is 1. The molecule has 3 heterocycles. The molecule has 9 nitrogen and oxygen atoms in total. The first kappa shape index (κ1) is 22.2. The number of carbonyl (C=O) groups is 2. The van der Waals surface area contributed by atoms with Crippen molar-refractivity contribution in [2.75, 3.05) is 19.8 Å². The van der Waals surface area contributed by atoms with Crippen LogP contribution in [0.3, 0.4) is 0 Å². The van der Waals surface area contributed by atoms with E-state index in [0.717, 1.165) is 23.7 Å². The standard InChI is InChI=1S/C24H32N4O5/c29-22(21-19-6-1-2-7-20(19)28(26-21)17-4-3-5-17)25-16-8-9-18(27(15-16)23(30)31)14-24(32)10-12-33-13-11-24/h1-2,6-7,16-18,32H,3-5,8-15H2,(H,25,29)(H,30,31)/t16-,18-/m1/s1. The molecule has 2 aliphatic heterocycles. The second-order valence-corrected chi connectivity index (χ2v) is 9.77. The number of hydrogen-bond donors (Lipinski definition) is 3. The molecule has 2 aromatic rings. The Labute approximate surface area is 192 Å². The van der Waals surface area contributed by atoms with Gasteiger partial charge in [-0.1, -0.05) is 18.2 Å². The van der Waals surface area contributed by atoms with E-state index < -0.39 is 11.7 Å². The van der Waals surface area contributed by atoms with Crippen molar-refractivity contribution in [1.82, 2.24) is 20.0 Å². The predicted molar refractivity (Wildman–Crippen MR) is 121 cm³/mol. The molecule has 1 saturated carbocycles. The van der Waals surface area contributed by atoms with Crippen molar-refractivity contribution in [2.24, 2.45) is 0 Å². The van der Waals surface area contributed by atoms with Gasteiger partial charge in [-0.05, 0) is 57.4 Å². The highest BCUT2D eigenvalue weighted by Crippen LogP contribution is 2.35. The minimum atomic E-state index is -1.02. The van der Waals surface area contributed by atoms with E-state index in [1.165, 1.54) is 11.3 Å². The number of benzene rings is 1. The van der Waals surface area contributed by atoms with Gasteiger partial charge in [0.25, 0.3) is 5.91 Å². The van der Waals surface area contributed by atoms with Crippen LogP contribution in [0.2, 0.25) is 0 Å². The van der Waals surface area contributed by atoms with E-state index in [0.29, 0.717) is 57.1 Å². The van der Waals surface area contributed by atoms with Crippen LogP contribution in [0, 0.1) is 0 Å². The zero-order chi connectivity index (χ0) is 23.0. The fourth-order valence-corrected chi connectivity index (χ4v) is 5.41. The first-order valence-corrected chi connectivity index (χ1v) is 12.0. The lowest BCUT2D eigenvalue weighted by atomic mass is 9.83. The van der Waals surface area contributed by atoms with Crippen LogP contribution in [0.25, 0.3) is 10.9 Å². The number of carbonyl (C=O) groups excluding carboxylic acids is 1. The van der Waals surface area contributed by atoms with Crippen molar-refractivity contribution in [2.45, 2.75) is 75.1 Å². The molecule has 33 heavy (non-hydrogen) atoms. The van der Waals surface area contributed by atoms with Crippen molar-refractivity contribution in [3.05, 3.63) is 30.0 Å².